The maximum Gasteiger partial charge on any atom is 0.164 e. The molecular formula is C52H36N4O. The molecule has 5 nitrogen and oxygen atoms in total. The third kappa shape index (κ3) is 5.48. The van der Waals surface area contributed by atoms with Crippen molar-refractivity contribution in [1.29, 1.82) is 5.26 Å². The van der Waals surface area contributed by atoms with Crippen molar-refractivity contribution < 1.29 is 4.42 Å². The molecule has 0 radical (unpaired) electrons. The lowest BCUT2D eigenvalue weighted by molar-refractivity contribution is 0.353. The third-order valence-electron chi connectivity index (χ3n) is 12.2. The van der Waals surface area contributed by atoms with E-state index < -0.39 is 0 Å². The van der Waals surface area contributed by atoms with Gasteiger partial charge in [0.2, 0.25) is 0 Å². The van der Waals surface area contributed by atoms with Crippen LogP contribution in [0.25, 0.3) is 89.5 Å². The molecule has 270 valence electrons. The van der Waals surface area contributed by atoms with Crippen molar-refractivity contribution in [3.05, 3.63) is 174 Å². The van der Waals surface area contributed by atoms with E-state index >= 15 is 0 Å². The minimum atomic E-state index is 0.0238. The molecule has 2 aliphatic carbocycles. The van der Waals surface area contributed by atoms with Crippen LogP contribution in [0.3, 0.4) is 0 Å². The number of hydrogen-bond donors (Lipinski definition) is 0. The summed E-state index contributed by atoms with van der Waals surface area (Å²) in [6, 6.07) is 57.3. The highest BCUT2D eigenvalue weighted by atomic mass is 16.3. The lowest BCUT2D eigenvalue weighted by Gasteiger charge is -2.36. The molecule has 1 fully saturated rings. The largest absolute Gasteiger partial charge is 0.456 e. The van der Waals surface area contributed by atoms with Gasteiger partial charge in [-0.15, -0.1) is 0 Å². The van der Waals surface area contributed by atoms with E-state index in [0.717, 1.165) is 62.6 Å². The third-order valence-corrected chi connectivity index (χ3v) is 12.2. The Kier molecular flexibility index (Phi) is 7.72. The Bertz CT molecular complexity index is 3060. The highest BCUT2D eigenvalue weighted by molar-refractivity contribution is 6.06. The fraction of sp³-hybridized carbons (Fsp3) is 0.115. The molecule has 1 saturated carbocycles. The van der Waals surface area contributed by atoms with Gasteiger partial charge in [-0.2, -0.15) is 5.26 Å². The lowest BCUT2D eigenvalue weighted by atomic mass is 9.67. The van der Waals surface area contributed by atoms with Gasteiger partial charge >= 0.3 is 0 Å². The van der Waals surface area contributed by atoms with Crippen molar-refractivity contribution in [3.63, 3.8) is 0 Å². The van der Waals surface area contributed by atoms with Crippen LogP contribution in [0.4, 0.5) is 0 Å². The van der Waals surface area contributed by atoms with Crippen molar-refractivity contribution in [2.75, 3.05) is 0 Å². The van der Waals surface area contributed by atoms with E-state index in [1.807, 2.05) is 66.7 Å². The molecule has 0 bridgehead atoms. The normalized spacial score (nSPS) is 14.1. The Balaban J connectivity index is 0.976. The molecule has 57 heavy (non-hydrogen) atoms. The van der Waals surface area contributed by atoms with Crippen LogP contribution < -0.4 is 0 Å². The van der Waals surface area contributed by atoms with Gasteiger partial charge in [-0.05, 0) is 99.8 Å². The molecular weight excluding hydrogens is 697 g/mol. The molecule has 9 aromatic rings. The zero-order valence-corrected chi connectivity index (χ0v) is 31.2. The smallest absolute Gasteiger partial charge is 0.164 e. The van der Waals surface area contributed by atoms with Crippen LogP contribution in [0, 0.1) is 11.3 Å². The number of para-hydroxylation sites is 1. The van der Waals surface area contributed by atoms with Gasteiger partial charge in [0.1, 0.15) is 11.2 Å². The van der Waals surface area contributed by atoms with Gasteiger partial charge in [-0.3, -0.25) is 0 Å². The van der Waals surface area contributed by atoms with Crippen LogP contribution >= 0.6 is 0 Å². The van der Waals surface area contributed by atoms with E-state index in [4.69, 9.17) is 19.4 Å². The predicted molar refractivity (Wildman–Crippen MR) is 228 cm³/mol. The first kappa shape index (κ1) is 33.2. The second-order valence-electron chi connectivity index (χ2n) is 15.4. The van der Waals surface area contributed by atoms with E-state index in [2.05, 4.69) is 97.1 Å². The topological polar surface area (TPSA) is 75.6 Å². The summed E-state index contributed by atoms with van der Waals surface area (Å²) in [7, 11) is 0. The fourth-order valence-electron chi connectivity index (χ4n) is 9.45. The zero-order valence-electron chi connectivity index (χ0n) is 31.2. The van der Waals surface area contributed by atoms with Crippen molar-refractivity contribution >= 4 is 21.9 Å². The van der Waals surface area contributed by atoms with Crippen molar-refractivity contribution in [2.45, 2.75) is 37.5 Å². The number of furan rings is 1. The van der Waals surface area contributed by atoms with Gasteiger partial charge in [0, 0.05) is 32.9 Å². The van der Waals surface area contributed by atoms with Gasteiger partial charge in [-0.1, -0.05) is 135 Å². The Morgan fingerprint density at radius 1 is 0.456 bits per heavy atom. The first-order valence-corrected chi connectivity index (χ1v) is 19.8. The second kappa shape index (κ2) is 13.3. The molecule has 0 unspecified atom stereocenters. The summed E-state index contributed by atoms with van der Waals surface area (Å²) >= 11 is 0. The molecule has 2 aliphatic rings. The summed E-state index contributed by atoms with van der Waals surface area (Å²) in [5.41, 5.74) is 15.1. The molecule has 11 rings (SSSR count). The monoisotopic (exact) mass is 732 g/mol. The minimum absolute atomic E-state index is 0.0238. The first-order valence-electron chi connectivity index (χ1n) is 19.8. The highest BCUT2D eigenvalue weighted by Crippen LogP contribution is 2.58. The predicted octanol–water partition coefficient (Wildman–Crippen LogP) is 13.2. The Labute approximate surface area is 331 Å². The molecule has 0 aliphatic heterocycles. The molecule has 1 spiro atoms. The van der Waals surface area contributed by atoms with E-state index in [-0.39, 0.29) is 5.41 Å². The molecule has 0 amide bonds. The summed E-state index contributed by atoms with van der Waals surface area (Å²) in [5.74, 6) is 1.85. The number of nitrogens with zero attached hydrogens (tertiary/aromatic N) is 4. The average Bonchev–Trinajstić information content (AvgIpc) is 3.79. The van der Waals surface area contributed by atoms with Crippen molar-refractivity contribution in [2.24, 2.45) is 0 Å². The van der Waals surface area contributed by atoms with Crippen LogP contribution in [-0.2, 0) is 5.41 Å². The first-order chi connectivity index (χ1) is 28.1. The van der Waals surface area contributed by atoms with Gasteiger partial charge in [0.15, 0.2) is 17.5 Å². The van der Waals surface area contributed by atoms with E-state index in [0.29, 0.717) is 23.0 Å². The summed E-state index contributed by atoms with van der Waals surface area (Å²) in [6.07, 6.45) is 6.05. The average molecular weight is 733 g/mol. The van der Waals surface area contributed by atoms with Crippen LogP contribution in [0.2, 0.25) is 0 Å². The summed E-state index contributed by atoms with van der Waals surface area (Å²) in [4.78, 5) is 15.0. The maximum absolute atomic E-state index is 9.89. The molecule has 7 aromatic carbocycles. The Morgan fingerprint density at radius 2 is 1.11 bits per heavy atom. The Morgan fingerprint density at radius 3 is 1.91 bits per heavy atom. The van der Waals surface area contributed by atoms with Crippen molar-refractivity contribution in [1.82, 2.24) is 15.0 Å². The molecule has 0 atom stereocenters. The minimum Gasteiger partial charge on any atom is -0.456 e. The van der Waals surface area contributed by atoms with Crippen LogP contribution in [0.5, 0.6) is 0 Å². The number of rotatable bonds is 5. The van der Waals surface area contributed by atoms with Crippen molar-refractivity contribution in [3.8, 4) is 73.6 Å². The number of fused-ring (bicyclic) bond motifs is 8. The molecule has 0 N–H and O–H groups in total. The van der Waals surface area contributed by atoms with E-state index in [1.165, 1.54) is 52.6 Å². The van der Waals surface area contributed by atoms with Crippen LogP contribution in [-0.4, -0.2) is 15.0 Å². The summed E-state index contributed by atoms with van der Waals surface area (Å²) in [5, 5.41) is 12.0. The van der Waals surface area contributed by atoms with Crippen LogP contribution in [0.15, 0.2) is 162 Å². The second-order valence-corrected chi connectivity index (χ2v) is 15.4. The van der Waals surface area contributed by atoms with Gasteiger partial charge in [0.25, 0.3) is 0 Å². The quantitative estimate of drug-likeness (QED) is 0.176. The van der Waals surface area contributed by atoms with Gasteiger partial charge in [0.05, 0.1) is 11.6 Å². The number of hydrogen-bond acceptors (Lipinski definition) is 5. The molecule has 5 heteroatoms. The molecule has 2 heterocycles. The zero-order chi connectivity index (χ0) is 37.9. The lowest BCUT2D eigenvalue weighted by Crippen LogP contribution is -2.28. The van der Waals surface area contributed by atoms with Crippen LogP contribution in [0.1, 0.15) is 48.8 Å². The number of benzene rings is 7. The fourth-order valence-corrected chi connectivity index (χ4v) is 9.45. The molecule has 0 saturated heterocycles. The van der Waals surface area contributed by atoms with Gasteiger partial charge in [-0.25, -0.2) is 15.0 Å². The van der Waals surface area contributed by atoms with Gasteiger partial charge < -0.3 is 4.42 Å². The standard InChI is InChI=1S/C52H36N4O/c53-32-33-19-25-44-43(29-33)48-40(16-10-17-45(48)52(44)27-7-2-8-28-52)38-14-9-13-37(30-38)34-20-22-36(23-21-34)50-54-49(35-11-3-1-4-12-35)55-51(56-50)39-24-26-47-42(31-39)41-15-5-6-18-46(41)57-47/h1,3-6,9-26,29-31H,2,7-8,27-28H2. The molecule has 2 aromatic heterocycles. The number of nitriles is 1. The SMILES string of the molecule is N#Cc1ccc2c(c1)-c1c(-c3cccc(-c4ccc(-c5nc(-c6ccccc6)nc(-c6ccc7oc8ccccc8c7c6)n5)cc4)c3)cccc1C21CCCCC1. The summed E-state index contributed by atoms with van der Waals surface area (Å²) in [6.45, 7) is 0. The van der Waals surface area contributed by atoms with E-state index in [1.54, 1.807) is 0 Å². The number of aromatic nitrogens is 3. The summed E-state index contributed by atoms with van der Waals surface area (Å²) < 4.78 is 6.11. The van der Waals surface area contributed by atoms with E-state index in [9.17, 15) is 5.26 Å². The Hall–Kier alpha value is -7.16. The maximum atomic E-state index is 9.89. The highest BCUT2D eigenvalue weighted by Gasteiger charge is 2.44.